The standard InChI is InChI=1S/C12H8Br2ClNOS/c13-9-5-10(18-11(9)14)12(17)16-8-3-1-7(6-15)2-4-8/h1-5H,6H2,(H,16,17). The molecule has 6 heteroatoms. The first-order valence-electron chi connectivity index (χ1n) is 5.01. The van der Waals surface area contributed by atoms with Gasteiger partial charge in [-0.25, -0.2) is 0 Å². The number of thiophene rings is 1. The topological polar surface area (TPSA) is 29.1 Å². The van der Waals surface area contributed by atoms with E-state index in [1.165, 1.54) is 11.3 Å². The van der Waals surface area contributed by atoms with Crippen LogP contribution >= 0.6 is 54.8 Å². The lowest BCUT2D eigenvalue weighted by molar-refractivity contribution is 0.103. The van der Waals surface area contributed by atoms with E-state index in [0.29, 0.717) is 10.8 Å². The lowest BCUT2D eigenvalue weighted by Crippen LogP contribution is -2.09. The van der Waals surface area contributed by atoms with Crippen LogP contribution in [0.1, 0.15) is 15.2 Å². The van der Waals surface area contributed by atoms with Crippen LogP contribution < -0.4 is 5.32 Å². The smallest absolute Gasteiger partial charge is 0.265 e. The molecule has 0 unspecified atom stereocenters. The minimum Gasteiger partial charge on any atom is -0.321 e. The van der Waals surface area contributed by atoms with Crippen LogP contribution in [0.2, 0.25) is 0 Å². The fraction of sp³-hybridized carbons (Fsp3) is 0.0833. The van der Waals surface area contributed by atoms with Crippen molar-refractivity contribution in [3.63, 3.8) is 0 Å². The first-order valence-corrected chi connectivity index (χ1v) is 7.95. The first kappa shape index (κ1) is 14.1. The Labute approximate surface area is 131 Å². The molecule has 2 aromatic rings. The Morgan fingerprint density at radius 3 is 2.44 bits per heavy atom. The number of benzene rings is 1. The number of hydrogen-bond donors (Lipinski definition) is 1. The van der Waals surface area contributed by atoms with Gasteiger partial charge in [0.2, 0.25) is 0 Å². The predicted octanol–water partition coefficient (Wildman–Crippen LogP) is 5.26. The Balaban J connectivity index is 2.10. The molecule has 0 spiro atoms. The Hall–Kier alpha value is -0.360. The summed E-state index contributed by atoms with van der Waals surface area (Å²) < 4.78 is 1.79. The molecule has 0 radical (unpaired) electrons. The highest BCUT2D eigenvalue weighted by Crippen LogP contribution is 2.32. The van der Waals surface area contributed by atoms with Gasteiger partial charge < -0.3 is 5.32 Å². The quantitative estimate of drug-likeness (QED) is 0.688. The average molecular weight is 410 g/mol. The minimum absolute atomic E-state index is 0.120. The van der Waals surface area contributed by atoms with Gasteiger partial charge >= 0.3 is 0 Å². The molecule has 1 heterocycles. The van der Waals surface area contributed by atoms with Gasteiger partial charge in [-0.3, -0.25) is 4.79 Å². The van der Waals surface area contributed by atoms with Crippen LogP contribution in [0.5, 0.6) is 0 Å². The van der Waals surface area contributed by atoms with E-state index in [9.17, 15) is 4.79 Å². The van der Waals surface area contributed by atoms with Crippen LogP contribution in [-0.4, -0.2) is 5.91 Å². The molecule has 1 amide bonds. The largest absolute Gasteiger partial charge is 0.321 e. The van der Waals surface area contributed by atoms with Gasteiger partial charge in [0.1, 0.15) is 0 Å². The summed E-state index contributed by atoms with van der Waals surface area (Å²) in [7, 11) is 0. The van der Waals surface area contributed by atoms with E-state index >= 15 is 0 Å². The maximum atomic E-state index is 12.0. The zero-order valence-corrected chi connectivity index (χ0v) is 13.8. The summed E-state index contributed by atoms with van der Waals surface area (Å²) in [5, 5.41) is 2.84. The highest BCUT2D eigenvalue weighted by molar-refractivity contribution is 9.13. The molecule has 0 bridgehead atoms. The van der Waals surface area contributed by atoms with Crippen LogP contribution in [-0.2, 0) is 5.88 Å². The second-order valence-electron chi connectivity index (χ2n) is 3.52. The summed E-state index contributed by atoms with van der Waals surface area (Å²) >= 11 is 13.8. The molecule has 0 atom stereocenters. The molecule has 0 aliphatic carbocycles. The molecule has 18 heavy (non-hydrogen) atoms. The van der Waals surface area contributed by atoms with Gasteiger partial charge in [-0.05, 0) is 55.6 Å². The summed E-state index contributed by atoms with van der Waals surface area (Å²) in [5.74, 6) is 0.351. The zero-order valence-electron chi connectivity index (χ0n) is 9.04. The SMILES string of the molecule is O=C(Nc1ccc(CCl)cc1)c1cc(Br)c(Br)s1. The van der Waals surface area contributed by atoms with E-state index in [-0.39, 0.29) is 5.91 Å². The molecular weight excluding hydrogens is 401 g/mol. The highest BCUT2D eigenvalue weighted by atomic mass is 79.9. The van der Waals surface area contributed by atoms with Crippen molar-refractivity contribution in [3.8, 4) is 0 Å². The fourth-order valence-electron chi connectivity index (χ4n) is 1.33. The van der Waals surface area contributed by atoms with Crippen molar-refractivity contribution in [3.05, 3.63) is 49.0 Å². The van der Waals surface area contributed by atoms with E-state index in [1.807, 2.05) is 24.3 Å². The molecule has 0 saturated carbocycles. The monoisotopic (exact) mass is 407 g/mol. The maximum absolute atomic E-state index is 12.0. The van der Waals surface area contributed by atoms with Gasteiger partial charge in [0.25, 0.3) is 5.91 Å². The van der Waals surface area contributed by atoms with Gasteiger partial charge in [0, 0.05) is 16.0 Å². The fourth-order valence-corrected chi connectivity index (χ4v) is 3.44. The van der Waals surface area contributed by atoms with Gasteiger partial charge in [-0.2, -0.15) is 0 Å². The van der Waals surface area contributed by atoms with Crippen molar-refractivity contribution in [2.24, 2.45) is 0 Å². The third kappa shape index (κ3) is 3.35. The summed E-state index contributed by atoms with van der Waals surface area (Å²) in [5.41, 5.74) is 1.78. The van der Waals surface area contributed by atoms with Crippen molar-refractivity contribution in [1.29, 1.82) is 0 Å². The number of carbonyl (C=O) groups is 1. The van der Waals surface area contributed by atoms with Gasteiger partial charge in [-0.15, -0.1) is 22.9 Å². The van der Waals surface area contributed by atoms with Crippen LogP contribution in [0.4, 0.5) is 5.69 Å². The van der Waals surface area contributed by atoms with Crippen LogP contribution in [0.15, 0.2) is 38.6 Å². The predicted molar refractivity (Wildman–Crippen MR) is 83.7 cm³/mol. The van der Waals surface area contributed by atoms with Crippen molar-refractivity contribution in [2.45, 2.75) is 5.88 Å². The first-order chi connectivity index (χ1) is 8.60. The molecule has 0 aliphatic rings. The van der Waals surface area contributed by atoms with Crippen molar-refractivity contribution >= 4 is 66.4 Å². The number of nitrogens with one attached hydrogen (secondary N) is 1. The van der Waals surface area contributed by atoms with Crippen LogP contribution in [0.25, 0.3) is 0 Å². The summed E-state index contributed by atoms with van der Waals surface area (Å²) in [6.45, 7) is 0. The number of amides is 1. The Morgan fingerprint density at radius 2 is 1.94 bits per heavy atom. The lowest BCUT2D eigenvalue weighted by Gasteiger charge is -2.03. The lowest BCUT2D eigenvalue weighted by atomic mass is 10.2. The number of alkyl halides is 1. The van der Waals surface area contributed by atoms with Gasteiger partial charge in [-0.1, -0.05) is 12.1 Å². The average Bonchev–Trinajstić information content (AvgIpc) is 2.71. The van der Waals surface area contributed by atoms with E-state index in [2.05, 4.69) is 37.2 Å². The van der Waals surface area contributed by atoms with E-state index in [1.54, 1.807) is 6.07 Å². The summed E-state index contributed by atoms with van der Waals surface area (Å²) in [6.07, 6.45) is 0. The molecule has 94 valence electrons. The van der Waals surface area contributed by atoms with Crippen LogP contribution in [0, 0.1) is 0 Å². The van der Waals surface area contributed by atoms with Gasteiger partial charge in [0.15, 0.2) is 0 Å². The second kappa shape index (κ2) is 6.19. The third-order valence-corrected chi connectivity index (χ3v) is 5.80. The second-order valence-corrected chi connectivity index (χ2v) is 7.01. The van der Waals surface area contributed by atoms with E-state index in [4.69, 9.17) is 11.6 Å². The van der Waals surface area contributed by atoms with E-state index < -0.39 is 0 Å². The van der Waals surface area contributed by atoms with Gasteiger partial charge in [0.05, 0.1) is 8.66 Å². The molecular formula is C12H8Br2ClNOS. The van der Waals surface area contributed by atoms with Crippen molar-refractivity contribution in [1.82, 2.24) is 0 Å². The maximum Gasteiger partial charge on any atom is 0.265 e. The summed E-state index contributed by atoms with van der Waals surface area (Å²) in [6, 6.07) is 9.25. The number of anilines is 1. The normalized spacial score (nSPS) is 10.4. The summed E-state index contributed by atoms with van der Waals surface area (Å²) in [4.78, 5) is 12.6. The molecule has 0 fully saturated rings. The molecule has 1 aromatic heterocycles. The number of rotatable bonds is 3. The molecule has 1 N–H and O–H groups in total. The highest BCUT2D eigenvalue weighted by Gasteiger charge is 2.12. The van der Waals surface area contributed by atoms with E-state index in [0.717, 1.165) is 19.5 Å². The molecule has 1 aromatic carbocycles. The Morgan fingerprint density at radius 1 is 1.28 bits per heavy atom. The molecule has 0 saturated heterocycles. The Bertz CT molecular complexity index is 548. The van der Waals surface area contributed by atoms with Crippen LogP contribution in [0.3, 0.4) is 0 Å². The van der Waals surface area contributed by atoms with Crippen molar-refractivity contribution < 1.29 is 4.79 Å². The third-order valence-electron chi connectivity index (χ3n) is 2.24. The zero-order chi connectivity index (χ0) is 13.1. The Kier molecular flexibility index (Phi) is 4.84. The number of hydrogen-bond acceptors (Lipinski definition) is 2. The minimum atomic E-state index is -0.120. The molecule has 0 aliphatic heterocycles. The molecule has 2 nitrogen and oxygen atoms in total. The number of carbonyl (C=O) groups excluding carboxylic acids is 1. The van der Waals surface area contributed by atoms with Crippen molar-refractivity contribution in [2.75, 3.05) is 5.32 Å². The molecule has 2 rings (SSSR count). The number of halogens is 3.